The van der Waals surface area contributed by atoms with E-state index in [2.05, 4.69) is 20.8 Å². The summed E-state index contributed by atoms with van der Waals surface area (Å²) in [7, 11) is 1.56. The van der Waals surface area contributed by atoms with E-state index >= 15 is 0 Å². The summed E-state index contributed by atoms with van der Waals surface area (Å²) >= 11 is 0. The van der Waals surface area contributed by atoms with Crippen molar-refractivity contribution in [1.29, 1.82) is 0 Å². The Labute approximate surface area is 126 Å². The second kappa shape index (κ2) is 7.58. The van der Waals surface area contributed by atoms with Gasteiger partial charge in [0.25, 0.3) is 11.8 Å². The third-order valence-corrected chi connectivity index (χ3v) is 2.54. The molecule has 0 bridgehead atoms. The molecule has 2 N–H and O–H groups in total. The van der Waals surface area contributed by atoms with E-state index in [-0.39, 0.29) is 12.3 Å². The minimum absolute atomic E-state index is 0.0962. The van der Waals surface area contributed by atoms with E-state index in [0.717, 1.165) is 0 Å². The predicted molar refractivity (Wildman–Crippen MR) is 76.1 cm³/mol. The SMILES string of the molecule is COc1ccc(OCC(=O)NNC(=O)c2cnccn2)cc1. The fourth-order valence-corrected chi connectivity index (χ4v) is 1.46. The molecule has 2 aromatic rings. The summed E-state index contributed by atoms with van der Waals surface area (Å²) in [4.78, 5) is 30.7. The van der Waals surface area contributed by atoms with Crippen LogP contribution in [0.4, 0.5) is 0 Å². The largest absolute Gasteiger partial charge is 0.497 e. The van der Waals surface area contributed by atoms with Crippen LogP contribution < -0.4 is 20.3 Å². The van der Waals surface area contributed by atoms with Crippen LogP contribution in [0.25, 0.3) is 0 Å². The van der Waals surface area contributed by atoms with Crippen molar-refractivity contribution in [3.05, 3.63) is 48.5 Å². The molecular formula is C14H14N4O4. The zero-order chi connectivity index (χ0) is 15.8. The lowest BCUT2D eigenvalue weighted by molar-refractivity contribution is -0.123. The first-order chi connectivity index (χ1) is 10.7. The minimum atomic E-state index is -0.564. The van der Waals surface area contributed by atoms with Gasteiger partial charge in [0.05, 0.1) is 13.3 Å². The summed E-state index contributed by atoms with van der Waals surface area (Å²) in [6.45, 7) is -0.243. The molecule has 0 aliphatic rings. The molecule has 0 saturated carbocycles. The molecule has 0 radical (unpaired) electrons. The molecule has 1 heterocycles. The molecule has 0 aliphatic heterocycles. The second-order valence-electron chi connectivity index (χ2n) is 4.06. The van der Waals surface area contributed by atoms with Crippen LogP contribution in [-0.2, 0) is 4.79 Å². The number of hydrogen-bond donors (Lipinski definition) is 2. The molecular weight excluding hydrogens is 288 g/mol. The molecule has 8 nitrogen and oxygen atoms in total. The first-order valence-electron chi connectivity index (χ1n) is 6.31. The van der Waals surface area contributed by atoms with Crippen LogP contribution in [0.1, 0.15) is 10.5 Å². The van der Waals surface area contributed by atoms with E-state index in [4.69, 9.17) is 9.47 Å². The van der Waals surface area contributed by atoms with Gasteiger partial charge in [-0.05, 0) is 24.3 Å². The van der Waals surface area contributed by atoms with E-state index in [0.29, 0.717) is 11.5 Å². The third-order valence-electron chi connectivity index (χ3n) is 2.54. The van der Waals surface area contributed by atoms with Crippen LogP contribution in [0.2, 0.25) is 0 Å². The van der Waals surface area contributed by atoms with Crippen molar-refractivity contribution in [3.63, 3.8) is 0 Å². The monoisotopic (exact) mass is 302 g/mol. The Kier molecular flexibility index (Phi) is 5.25. The zero-order valence-electron chi connectivity index (χ0n) is 11.8. The molecule has 2 amide bonds. The summed E-state index contributed by atoms with van der Waals surface area (Å²) in [6, 6.07) is 6.76. The number of methoxy groups -OCH3 is 1. The fourth-order valence-electron chi connectivity index (χ4n) is 1.46. The second-order valence-corrected chi connectivity index (χ2v) is 4.06. The van der Waals surface area contributed by atoms with Gasteiger partial charge in [0, 0.05) is 12.4 Å². The molecule has 0 unspecified atom stereocenters. The van der Waals surface area contributed by atoms with Crippen LogP contribution >= 0.6 is 0 Å². The molecule has 114 valence electrons. The zero-order valence-corrected chi connectivity index (χ0v) is 11.8. The molecule has 0 spiro atoms. The summed E-state index contributed by atoms with van der Waals surface area (Å²) in [5.74, 6) is 0.128. The first kappa shape index (κ1) is 15.2. The number of nitrogens with one attached hydrogen (secondary N) is 2. The topological polar surface area (TPSA) is 102 Å². The van der Waals surface area contributed by atoms with Gasteiger partial charge in [0.1, 0.15) is 17.2 Å². The van der Waals surface area contributed by atoms with Gasteiger partial charge < -0.3 is 9.47 Å². The van der Waals surface area contributed by atoms with Crippen LogP contribution in [0, 0.1) is 0 Å². The number of nitrogens with zero attached hydrogens (tertiary/aromatic N) is 2. The van der Waals surface area contributed by atoms with E-state index in [9.17, 15) is 9.59 Å². The van der Waals surface area contributed by atoms with Gasteiger partial charge in [-0.1, -0.05) is 0 Å². The Morgan fingerprint density at radius 3 is 2.45 bits per heavy atom. The quantitative estimate of drug-likeness (QED) is 0.771. The van der Waals surface area contributed by atoms with Crippen LogP contribution in [-0.4, -0.2) is 35.5 Å². The van der Waals surface area contributed by atoms with Crippen molar-refractivity contribution in [2.75, 3.05) is 13.7 Å². The maximum atomic E-state index is 11.6. The number of hydrazine groups is 1. The van der Waals surface area contributed by atoms with Crippen molar-refractivity contribution in [1.82, 2.24) is 20.8 Å². The molecule has 8 heteroatoms. The molecule has 0 atom stereocenters. The predicted octanol–water partition coefficient (Wildman–Crippen LogP) is 0.325. The van der Waals surface area contributed by atoms with Crippen LogP contribution in [0.15, 0.2) is 42.9 Å². The highest BCUT2D eigenvalue weighted by molar-refractivity contribution is 5.93. The van der Waals surface area contributed by atoms with Gasteiger partial charge in [0.15, 0.2) is 6.61 Å². The number of carbonyl (C=O) groups excluding carboxylic acids is 2. The van der Waals surface area contributed by atoms with E-state index < -0.39 is 11.8 Å². The maximum absolute atomic E-state index is 11.6. The summed E-state index contributed by atoms with van der Waals surface area (Å²) in [6.07, 6.45) is 4.11. The van der Waals surface area contributed by atoms with Gasteiger partial charge >= 0.3 is 0 Å². The highest BCUT2D eigenvalue weighted by Gasteiger charge is 2.08. The number of hydrogen-bond acceptors (Lipinski definition) is 6. The molecule has 22 heavy (non-hydrogen) atoms. The average molecular weight is 302 g/mol. The van der Waals surface area contributed by atoms with Crippen LogP contribution in [0.5, 0.6) is 11.5 Å². The number of rotatable bonds is 5. The van der Waals surface area contributed by atoms with E-state index in [1.165, 1.54) is 18.6 Å². The summed E-state index contributed by atoms with van der Waals surface area (Å²) in [5.41, 5.74) is 4.53. The van der Waals surface area contributed by atoms with Gasteiger partial charge in [0.2, 0.25) is 0 Å². The number of amides is 2. The molecule has 0 fully saturated rings. The van der Waals surface area contributed by atoms with Gasteiger partial charge in [-0.2, -0.15) is 0 Å². The first-order valence-corrected chi connectivity index (χ1v) is 6.31. The van der Waals surface area contributed by atoms with Crippen molar-refractivity contribution in [2.45, 2.75) is 0 Å². The van der Waals surface area contributed by atoms with Crippen molar-refractivity contribution < 1.29 is 19.1 Å². The Morgan fingerprint density at radius 1 is 1.09 bits per heavy atom. The van der Waals surface area contributed by atoms with E-state index in [1.807, 2.05) is 0 Å². The minimum Gasteiger partial charge on any atom is -0.497 e. The van der Waals surface area contributed by atoms with Crippen LogP contribution in [0.3, 0.4) is 0 Å². The number of ether oxygens (including phenoxy) is 2. The highest BCUT2D eigenvalue weighted by Crippen LogP contribution is 2.16. The maximum Gasteiger partial charge on any atom is 0.289 e. The summed E-state index contributed by atoms with van der Waals surface area (Å²) < 4.78 is 10.3. The van der Waals surface area contributed by atoms with E-state index in [1.54, 1.807) is 31.4 Å². The Balaban J connectivity index is 1.74. The standard InChI is InChI=1S/C14H14N4O4/c1-21-10-2-4-11(5-3-10)22-9-13(19)17-18-14(20)12-8-15-6-7-16-12/h2-8H,9H2,1H3,(H,17,19)(H,18,20). The lowest BCUT2D eigenvalue weighted by atomic mass is 10.3. The smallest absolute Gasteiger partial charge is 0.289 e. The van der Waals surface area contributed by atoms with Gasteiger partial charge in [-0.15, -0.1) is 0 Å². The highest BCUT2D eigenvalue weighted by atomic mass is 16.5. The molecule has 0 saturated heterocycles. The average Bonchev–Trinajstić information content (AvgIpc) is 2.59. The number of benzene rings is 1. The lowest BCUT2D eigenvalue weighted by Gasteiger charge is -2.08. The van der Waals surface area contributed by atoms with Gasteiger partial charge in [-0.25, -0.2) is 4.98 Å². The van der Waals surface area contributed by atoms with Crippen molar-refractivity contribution >= 4 is 11.8 Å². The fraction of sp³-hybridized carbons (Fsp3) is 0.143. The number of carbonyl (C=O) groups is 2. The molecule has 1 aromatic carbocycles. The Morgan fingerprint density at radius 2 is 1.82 bits per heavy atom. The molecule has 0 aliphatic carbocycles. The normalized spacial score (nSPS) is 9.68. The van der Waals surface area contributed by atoms with Crippen molar-refractivity contribution in [2.24, 2.45) is 0 Å². The van der Waals surface area contributed by atoms with Gasteiger partial charge in [-0.3, -0.25) is 25.4 Å². The number of aromatic nitrogens is 2. The Bertz CT molecular complexity index is 631. The third kappa shape index (κ3) is 4.44. The molecule has 2 rings (SSSR count). The molecule has 1 aromatic heterocycles. The summed E-state index contributed by atoms with van der Waals surface area (Å²) in [5, 5.41) is 0. The Hall–Kier alpha value is -3.16. The lowest BCUT2D eigenvalue weighted by Crippen LogP contribution is -2.44. The van der Waals surface area contributed by atoms with Crippen molar-refractivity contribution in [3.8, 4) is 11.5 Å².